The van der Waals surface area contributed by atoms with Gasteiger partial charge in [0.15, 0.2) is 5.65 Å². The fourth-order valence-corrected chi connectivity index (χ4v) is 1.66. The van der Waals surface area contributed by atoms with Gasteiger partial charge in [0.1, 0.15) is 0 Å². The molecule has 0 atom stereocenters. The Balaban J connectivity index is 2.44. The molecule has 2 heterocycles. The molecule has 0 saturated carbocycles. The van der Waals surface area contributed by atoms with Crippen molar-refractivity contribution in [2.24, 2.45) is 0 Å². The molecule has 0 fully saturated rings. The second-order valence-corrected chi connectivity index (χ2v) is 3.33. The number of tetrazole rings is 1. The molecule has 1 aromatic carbocycles. The number of hydrogen-bond acceptors (Lipinski definition) is 4. The minimum Gasteiger partial charge on any atom is -0.392 e. The Kier molecular flexibility index (Phi) is 1.66. The number of rotatable bonds is 1. The third kappa shape index (κ3) is 1.17. The first-order valence-electron chi connectivity index (χ1n) is 4.59. The number of aliphatic hydroxyl groups is 1. The number of aliphatic hydroxyl groups excluding tert-OH is 1. The van der Waals surface area contributed by atoms with Gasteiger partial charge >= 0.3 is 0 Å². The van der Waals surface area contributed by atoms with E-state index in [1.54, 1.807) is 4.52 Å². The van der Waals surface area contributed by atoms with Gasteiger partial charge in [0.25, 0.3) is 0 Å². The molecule has 3 rings (SSSR count). The zero-order chi connectivity index (χ0) is 10.3. The first-order chi connectivity index (χ1) is 7.38. The van der Waals surface area contributed by atoms with E-state index >= 15 is 0 Å². The van der Waals surface area contributed by atoms with Crippen LogP contribution in [0.15, 0.2) is 30.3 Å². The molecule has 0 radical (unpaired) electrons. The zero-order valence-electron chi connectivity index (χ0n) is 7.83. The molecular weight excluding hydrogens is 192 g/mol. The van der Waals surface area contributed by atoms with Crippen molar-refractivity contribution in [3.05, 3.63) is 35.9 Å². The lowest BCUT2D eigenvalue weighted by molar-refractivity contribution is 0.282. The van der Waals surface area contributed by atoms with E-state index in [1.807, 2.05) is 30.3 Å². The number of pyridine rings is 1. The fraction of sp³-hybridized carbons (Fsp3) is 0.100. The molecule has 0 spiro atoms. The van der Waals surface area contributed by atoms with Crippen LogP contribution in [0.4, 0.5) is 0 Å². The summed E-state index contributed by atoms with van der Waals surface area (Å²) in [7, 11) is 0. The van der Waals surface area contributed by atoms with Gasteiger partial charge in [0.05, 0.1) is 12.1 Å². The van der Waals surface area contributed by atoms with Gasteiger partial charge in [-0.15, -0.1) is 5.10 Å². The number of benzene rings is 1. The van der Waals surface area contributed by atoms with Crippen molar-refractivity contribution in [3.8, 4) is 0 Å². The van der Waals surface area contributed by atoms with Crippen molar-refractivity contribution in [3.63, 3.8) is 0 Å². The van der Waals surface area contributed by atoms with E-state index < -0.39 is 0 Å². The molecule has 1 N–H and O–H groups in total. The average Bonchev–Trinajstić information content (AvgIpc) is 2.76. The lowest BCUT2D eigenvalue weighted by Gasteiger charge is -2.01. The summed E-state index contributed by atoms with van der Waals surface area (Å²) in [5.41, 5.74) is 2.55. The maximum absolute atomic E-state index is 9.02. The van der Waals surface area contributed by atoms with E-state index in [2.05, 4.69) is 15.5 Å². The van der Waals surface area contributed by atoms with Gasteiger partial charge in [-0.2, -0.15) is 4.52 Å². The molecule has 2 aromatic heterocycles. The van der Waals surface area contributed by atoms with Gasteiger partial charge in [-0.3, -0.25) is 0 Å². The third-order valence-electron chi connectivity index (χ3n) is 2.41. The minimum absolute atomic E-state index is 0.0452. The molecule has 0 saturated heterocycles. The summed E-state index contributed by atoms with van der Waals surface area (Å²) in [6.45, 7) is 0.0452. The van der Waals surface area contributed by atoms with Crippen molar-refractivity contribution < 1.29 is 5.11 Å². The Hall–Kier alpha value is -2.01. The maximum atomic E-state index is 9.02. The SMILES string of the molecule is OCc1ccc2c(ccc3nnnn32)c1. The highest BCUT2D eigenvalue weighted by atomic mass is 16.3. The van der Waals surface area contributed by atoms with Gasteiger partial charge in [0, 0.05) is 5.39 Å². The highest BCUT2D eigenvalue weighted by Gasteiger charge is 2.02. The molecule has 0 aliphatic rings. The summed E-state index contributed by atoms with van der Waals surface area (Å²) in [5, 5.41) is 21.4. The van der Waals surface area contributed by atoms with Crippen molar-refractivity contribution in [2.75, 3.05) is 0 Å². The van der Waals surface area contributed by atoms with Crippen LogP contribution in [-0.4, -0.2) is 25.1 Å². The lowest BCUT2D eigenvalue weighted by Crippen LogP contribution is -1.91. The Morgan fingerprint density at radius 3 is 3.00 bits per heavy atom. The normalized spacial score (nSPS) is 11.3. The van der Waals surface area contributed by atoms with Crippen molar-refractivity contribution in [1.29, 1.82) is 0 Å². The Morgan fingerprint density at radius 1 is 1.20 bits per heavy atom. The first-order valence-corrected chi connectivity index (χ1v) is 4.59. The Bertz CT molecular complexity index is 631. The number of fused-ring (bicyclic) bond motifs is 3. The lowest BCUT2D eigenvalue weighted by atomic mass is 10.1. The minimum atomic E-state index is 0.0452. The van der Waals surface area contributed by atoms with Crippen LogP contribution in [0.2, 0.25) is 0 Å². The molecule has 0 bridgehead atoms. The third-order valence-corrected chi connectivity index (χ3v) is 2.41. The van der Waals surface area contributed by atoms with Crippen LogP contribution in [0, 0.1) is 0 Å². The molecular formula is C10H8N4O. The molecule has 0 amide bonds. The highest BCUT2D eigenvalue weighted by Crippen LogP contribution is 2.16. The number of hydrogen-bond donors (Lipinski definition) is 1. The van der Waals surface area contributed by atoms with Crippen molar-refractivity contribution >= 4 is 16.6 Å². The molecule has 0 unspecified atom stereocenters. The first kappa shape index (κ1) is 8.31. The van der Waals surface area contributed by atoms with Crippen LogP contribution >= 0.6 is 0 Å². The Labute approximate surface area is 85.0 Å². The predicted octanol–water partition coefficient (Wildman–Crippen LogP) is 0.770. The van der Waals surface area contributed by atoms with E-state index in [0.29, 0.717) is 0 Å². The molecule has 5 heteroatoms. The summed E-state index contributed by atoms with van der Waals surface area (Å²) in [6, 6.07) is 9.49. The van der Waals surface area contributed by atoms with E-state index in [4.69, 9.17) is 5.11 Å². The standard InChI is InChI=1S/C10H8N4O/c15-6-7-1-3-9-8(5-7)2-4-10-11-12-13-14(9)10/h1-5,15H,6H2. The van der Waals surface area contributed by atoms with Crippen LogP contribution in [-0.2, 0) is 6.61 Å². The number of nitrogens with zero attached hydrogens (tertiary/aromatic N) is 4. The van der Waals surface area contributed by atoms with Crippen molar-refractivity contribution in [1.82, 2.24) is 20.0 Å². The summed E-state index contributed by atoms with van der Waals surface area (Å²) < 4.78 is 1.68. The molecule has 5 nitrogen and oxygen atoms in total. The summed E-state index contributed by atoms with van der Waals surface area (Å²) >= 11 is 0. The molecule has 3 aromatic rings. The topological polar surface area (TPSA) is 63.3 Å². The smallest absolute Gasteiger partial charge is 0.179 e. The summed E-state index contributed by atoms with van der Waals surface area (Å²) in [4.78, 5) is 0. The number of aromatic nitrogens is 4. The summed E-state index contributed by atoms with van der Waals surface area (Å²) in [6.07, 6.45) is 0. The van der Waals surface area contributed by atoms with Crippen LogP contribution < -0.4 is 0 Å². The zero-order valence-corrected chi connectivity index (χ0v) is 7.83. The van der Waals surface area contributed by atoms with Crippen LogP contribution in [0.25, 0.3) is 16.6 Å². The van der Waals surface area contributed by atoms with Gasteiger partial charge < -0.3 is 5.11 Å². The van der Waals surface area contributed by atoms with Crippen LogP contribution in [0.1, 0.15) is 5.56 Å². The quantitative estimate of drug-likeness (QED) is 0.630. The predicted molar refractivity (Wildman–Crippen MR) is 54.2 cm³/mol. The van der Waals surface area contributed by atoms with Crippen molar-refractivity contribution in [2.45, 2.75) is 6.61 Å². The average molecular weight is 200 g/mol. The van der Waals surface area contributed by atoms with E-state index in [-0.39, 0.29) is 6.61 Å². The largest absolute Gasteiger partial charge is 0.392 e. The second kappa shape index (κ2) is 2.99. The molecule has 74 valence electrons. The van der Waals surface area contributed by atoms with Gasteiger partial charge in [0.2, 0.25) is 0 Å². The second-order valence-electron chi connectivity index (χ2n) is 3.33. The van der Waals surface area contributed by atoms with Gasteiger partial charge in [-0.05, 0) is 40.3 Å². The van der Waals surface area contributed by atoms with Gasteiger partial charge in [-0.1, -0.05) is 6.07 Å². The van der Waals surface area contributed by atoms with E-state index in [9.17, 15) is 0 Å². The van der Waals surface area contributed by atoms with Crippen LogP contribution in [0.3, 0.4) is 0 Å². The summed E-state index contributed by atoms with van der Waals surface area (Å²) in [5.74, 6) is 0. The van der Waals surface area contributed by atoms with Gasteiger partial charge in [-0.25, -0.2) is 0 Å². The van der Waals surface area contributed by atoms with E-state index in [0.717, 1.165) is 22.1 Å². The fourth-order valence-electron chi connectivity index (χ4n) is 1.66. The molecule has 0 aliphatic carbocycles. The monoisotopic (exact) mass is 200 g/mol. The molecule has 0 aliphatic heterocycles. The highest BCUT2D eigenvalue weighted by molar-refractivity contribution is 5.81. The maximum Gasteiger partial charge on any atom is 0.179 e. The van der Waals surface area contributed by atoms with Crippen LogP contribution in [0.5, 0.6) is 0 Å². The molecule has 15 heavy (non-hydrogen) atoms. The Morgan fingerprint density at radius 2 is 2.13 bits per heavy atom. The van der Waals surface area contributed by atoms with E-state index in [1.165, 1.54) is 0 Å².